The average molecular weight is 369 g/mol. The van der Waals surface area contributed by atoms with Crippen molar-refractivity contribution >= 4 is 17.7 Å². The number of carbonyl (C=O) groups excluding carboxylic acids is 1. The summed E-state index contributed by atoms with van der Waals surface area (Å²) in [7, 11) is 3.28. The summed E-state index contributed by atoms with van der Waals surface area (Å²) in [5.41, 5.74) is 2.41. The third-order valence-electron chi connectivity index (χ3n) is 5.25. The van der Waals surface area contributed by atoms with Crippen molar-refractivity contribution in [3.05, 3.63) is 53.6 Å². The van der Waals surface area contributed by atoms with Gasteiger partial charge in [-0.25, -0.2) is 0 Å². The highest BCUT2D eigenvalue weighted by atomic mass is 32.2. The van der Waals surface area contributed by atoms with E-state index in [0.717, 1.165) is 31.4 Å². The van der Waals surface area contributed by atoms with E-state index < -0.39 is 0 Å². The zero-order valence-electron chi connectivity index (χ0n) is 15.1. The van der Waals surface area contributed by atoms with Crippen LogP contribution in [0.5, 0.6) is 11.5 Å². The van der Waals surface area contributed by atoms with Crippen LogP contribution in [0.25, 0.3) is 0 Å². The number of rotatable bonds is 4. The van der Waals surface area contributed by atoms with Gasteiger partial charge in [-0.05, 0) is 48.6 Å². The van der Waals surface area contributed by atoms with E-state index in [1.165, 1.54) is 10.5 Å². The van der Waals surface area contributed by atoms with Crippen LogP contribution in [0.4, 0.5) is 0 Å². The smallest absolute Gasteiger partial charge is 0.236 e. The minimum atomic E-state index is -0.00635. The van der Waals surface area contributed by atoms with Gasteiger partial charge >= 0.3 is 0 Å². The molecule has 0 aliphatic carbocycles. The third-order valence-corrected chi connectivity index (χ3v) is 6.56. The first-order valence-corrected chi connectivity index (χ1v) is 9.86. The van der Waals surface area contributed by atoms with Gasteiger partial charge in [0.2, 0.25) is 5.91 Å². The zero-order valence-corrected chi connectivity index (χ0v) is 15.9. The fourth-order valence-corrected chi connectivity index (χ4v) is 5.21. The third kappa shape index (κ3) is 3.05. The molecule has 26 heavy (non-hydrogen) atoms. The first-order chi connectivity index (χ1) is 12.7. The lowest BCUT2D eigenvalue weighted by Gasteiger charge is -2.28. The number of methoxy groups -OCH3 is 2. The van der Waals surface area contributed by atoms with E-state index in [1.54, 1.807) is 26.0 Å². The summed E-state index contributed by atoms with van der Waals surface area (Å²) in [6.45, 7) is 0.825. The number of fused-ring (bicyclic) bond motifs is 1. The summed E-state index contributed by atoms with van der Waals surface area (Å²) in [4.78, 5) is 16.5. The topological polar surface area (TPSA) is 38.8 Å². The Hall–Kier alpha value is -2.14. The van der Waals surface area contributed by atoms with Gasteiger partial charge in [-0.3, -0.25) is 4.79 Å². The van der Waals surface area contributed by atoms with Crippen LogP contribution in [0, 0.1) is 0 Å². The summed E-state index contributed by atoms with van der Waals surface area (Å²) in [6.07, 6.45) is 2.86. The van der Waals surface area contributed by atoms with Crippen LogP contribution in [0.2, 0.25) is 0 Å². The Labute approximate surface area is 158 Å². The van der Waals surface area contributed by atoms with Gasteiger partial charge in [0.05, 0.1) is 25.5 Å². The second-order valence-corrected chi connectivity index (χ2v) is 7.97. The molecule has 0 saturated carbocycles. The summed E-state index contributed by atoms with van der Waals surface area (Å²) in [5.74, 6) is 1.68. The fourth-order valence-electron chi connectivity index (χ4n) is 3.94. The highest BCUT2D eigenvalue weighted by Crippen LogP contribution is 2.42. The molecule has 0 bridgehead atoms. The van der Waals surface area contributed by atoms with Crippen molar-refractivity contribution in [2.45, 2.75) is 35.4 Å². The van der Waals surface area contributed by atoms with Crippen LogP contribution in [0.1, 0.15) is 30.0 Å². The number of hydrogen-bond acceptors (Lipinski definition) is 4. The number of nitrogens with zero attached hydrogens (tertiary/aromatic N) is 1. The van der Waals surface area contributed by atoms with Crippen molar-refractivity contribution < 1.29 is 14.3 Å². The van der Waals surface area contributed by atoms with Gasteiger partial charge < -0.3 is 14.4 Å². The van der Waals surface area contributed by atoms with Crippen molar-refractivity contribution in [2.24, 2.45) is 0 Å². The van der Waals surface area contributed by atoms with Crippen molar-refractivity contribution in [2.75, 3.05) is 20.8 Å². The van der Waals surface area contributed by atoms with Gasteiger partial charge in [-0.1, -0.05) is 24.3 Å². The van der Waals surface area contributed by atoms with Gasteiger partial charge in [0.25, 0.3) is 0 Å². The Kier molecular flexibility index (Phi) is 4.81. The monoisotopic (exact) mass is 369 g/mol. The molecule has 2 aromatic carbocycles. The van der Waals surface area contributed by atoms with Crippen LogP contribution >= 0.6 is 11.8 Å². The fraction of sp³-hybridized carbons (Fsp3) is 0.381. The minimum Gasteiger partial charge on any atom is -0.493 e. The molecule has 4 nitrogen and oxygen atoms in total. The molecule has 2 aromatic rings. The quantitative estimate of drug-likeness (QED) is 0.814. The molecular weight excluding hydrogens is 346 g/mol. The molecule has 1 amide bonds. The molecule has 136 valence electrons. The summed E-state index contributed by atoms with van der Waals surface area (Å²) in [5, 5.41) is -0.00635. The first-order valence-electron chi connectivity index (χ1n) is 8.98. The molecule has 0 spiro atoms. The van der Waals surface area contributed by atoms with Crippen molar-refractivity contribution in [3.63, 3.8) is 0 Å². The average Bonchev–Trinajstić information content (AvgIpc) is 3.33. The summed E-state index contributed by atoms with van der Waals surface area (Å²) in [6, 6.07) is 14.4. The number of benzene rings is 2. The molecule has 0 radical (unpaired) electrons. The molecule has 2 aliphatic rings. The normalized spacial score (nSPS) is 21.5. The Balaban J connectivity index is 1.55. The Morgan fingerprint density at radius 3 is 2.69 bits per heavy atom. The maximum Gasteiger partial charge on any atom is 0.236 e. The summed E-state index contributed by atoms with van der Waals surface area (Å²) >= 11 is 1.71. The largest absolute Gasteiger partial charge is 0.493 e. The van der Waals surface area contributed by atoms with E-state index in [-0.39, 0.29) is 17.2 Å². The molecule has 4 rings (SSSR count). The number of thioether (sulfide) groups is 1. The van der Waals surface area contributed by atoms with Gasteiger partial charge in [0, 0.05) is 11.4 Å². The van der Waals surface area contributed by atoms with E-state index in [2.05, 4.69) is 23.1 Å². The van der Waals surface area contributed by atoms with Crippen LogP contribution in [0.3, 0.4) is 0 Å². The molecule has 2 aliphatic heterocycles. The summed E-state index contributed by atoms with van der Waals surface area (Å²) < 4.78 is 10.8. The SMILES string of the molecule is COc1ccc([C@H]2CCCN2C(=O)[C@H]2Cc3ccccc3S2)cc1OC. The molecular formula is C21H23NO3S. The number of hydrogen-bond donors (Lipinski definition) is 0. The lowest BCUT2D eigenvalue weighted by molar-refractivity contribution is -0.131. The highest BCUT2D eigenvalue weighted by Gasteiger charge is 2.37. The Morgan fingerprint density at radius 2 is 1.92 bits per heavy atom. The van der Waals surface area contributed by atoms with Crippen LogP contribution in [-0.2, 0) is 11.2 Å². The zero-order chi connectivity index (χ0) is 18.1. The van der Waals surface area contributed by atoms with E-state index in [9.17, 15) is 4.79 Å². The molecule has 1 saturated heterocycles. The number of amides is 1. The predicted molar refractivity (Wildman–Crippen MR) is 103 cm³/mol. The maximum absolute atomic E-state index is 13.2. The molecule has 0 aromatic heterocycles. The molecule has 1 fully saturated rings. The van der Waals surface area contributed by atoms with E-state index in [0.29, 0.717) is 11.5 Å². The molecule has 0 N–H and O–H groups in total. The van der Waals surface area contributed by atoms with Crippen molar-refractivity contribution in [1.29, 1.82) is 0 Å². The molecule has 2 heterocycles. The number of likely N-dealkylation sites (tertiary alicyclic amines) is 1. The Morgan fingerprint density at radius 1 is 1.12 bits per heavy atom. The minimum absolute atomic E-state index is 0.00635. The lowest BCUT2D eigenvalue weighted by Crippen LogP contribution is -2.37. The predicted octanol–water partition coefficient (Wildman–Crippen LogP) is 4.08. The van der Waals surface area contributed by atoms with Crippen LogP contribution in [0.15, 0.2) is 47.4 Å². The second-order valence-electron chi connectivity index (χ2n) is 6.72. The second kappa shape index (κ2) is 7.23. The van der Waals surface area contributed by atoms with Crippen LogP contribution < -0.4 is 9.47 Å². The lowest BCUT2D eigenvalue weighted by atomic mass is 10.0. The van der Waals surface area contributed by atoms with Crippen molar-refractivity contribution in [3.8, 4) is 11.5 Å². The van der Waals surface area contributed by atoms with Crippen LogP contribution in [-0.4, -0.2) is 36.8 Å². The standard InChI is InChI=1S/C21H23NO3S/c1-24-17-10-9-14(12-18(17)25-2)16-7-5-11-22(16)21(23)20-13-15-6-3-4-8-19(15)26-20/h3-4,6,8-10,12,16,20H,5,7,11,13H2,1-2H3/t16-,20-/m1/s1. The van der Waals surface area contributed by atoms with Gasteiger partial charge in [0.15, 0.2) is 11.5 Å². The van der Waals surface area contributed by atoms with Gasteiger partial charge in [-0.2, -0.15) is 0 Å². The number of carbonyl (C=O) groups is 1. The Bertz CT molecular complexity index is 798. The van der Waals surface area contributed by atoms with Crippen molar-refractivity contribution in [1.82, 2.24) is 4.90 Å². The van der Waals surface area contributed by atoms with Gasteiger partial charge in [-0.15, -0.1) is 11.8 Å². The number of ether oxygens (including phenoxy) is 2. The first kappa shape index (κ1) is 17.3. The molecule has 5 heteroatoms. The molecule has 2 atom stereocenters. The van der Waals surface area contributed by atoms with Gasteiger partial charge in [0.1, 0.15) is 0 Å². The molecule has 0 unspecified atom stereocenters. The highest BCUT2D eigenvalue weighted by molar-refractivity contribution is 8.01. The van der Waals surface area contributed by atoms with E-state index in [4.69, 9.17) is 9.47 Å². The van der Waals surface area contributed by atoms with E-state index in [1.807, 2.05) is 24.3 Å². The maximum atomic E-state index is 13.2. The van der Waals surface area contributed by atoms with E-state index >= 15 is 0 Å².